The Hall–Kier alpha value is -3.74. The number of hydrogen-bond acceptors (Lipinski definition) is 5. The molecule has 1 fully saturated rings. The van der Waals surface area contributed by atoms with Crippen LogP contribution in [-0.4, -0.2) is 22.0 Å². The zero-order chi connectivity index (χ0) is 21.4. The maximum Gasteiger partial charge on any atom is 0.301 e. The van der Waals surface area contributed by atoms with Crippen LogP contribution < -0.4 is 4.90 Å². The van der Waals surface area contributed by atoms with Crippen molar-refractivity contribution >= 4 is 23.3 Å². The summed E-state index contributed by atoms with van der Waals surface area (Å²) in [5, 5.41) is 14.8. The molecule has 0 spiro atoms. The maximum atomic E-state index is 13.3. The van der Waals surface area contributed by atoms with Gasteiger partial charge in [-0.2, -0.15) is 0 Å². The first-order valence-corrected chi connectivity index (χ1v) is 9.49. The van der Waals surface area contributed by atoms with Crippen LogP contribution in [0.1, 0.15) is 35.4 Å². The van der Waals surface area contributed by atoms with Crippen molar-refractivity contribution in [3.8, 4) is 0 Å². The van der Waals surface area contributed by atoms with Gasteiger partial charge in [0.25, 0.3) is 5.78 Å². The Kier molecular flexibility index (Phi) is 4.95. The maximum absolute atomic E-state index is 13.3. The normalized spacial score (nSPS) is 18.2. The molecule has 0 saturated carbocycles. The number of amides is 1. The van der Waals surface area contributed by atoms with Crippen LogP contribution in [0.5, 0.6) is 0 Å². The predicted molar refractivity (Wildman–Crippen MR) is 108 cm³/mol. The van der Waals surface area contributed by atoms with E-state index in [1.54, 1.807) is 13.0 Å². The second-order valence-electron chi connectivity index (χ2n) is 7.07. The smallest absolute Gasteiger partial charge is 0.301 e. The van der Waals surface area contributed by atoms with Crippen LogP contribution in [0.3, 0.4) is 0 Å². The fourth-order valence-electron chi connectivity index (χ4n) is 3.55. The number of anilines is 1. The first kappa shape index (κ1) is 19.6. The van der Waals surface area contributed by atoms with Gasteiger partial charge in [-0.3, -0.25) is 14.5 Å². The second-order valence-corrected chi connectivity index (χ2v) is 7.07. The molecule has 1 aromatic heterocycles. The van der Waals surface area contributed by atoms with Crippen LogP contribution in [0, 0.1) is 12.7 Å². The summed E-state index contributed by atoms with van der Waals surface area (Å²) < 4.78 is 18.4. The van der Waals surface area contributed by atoms with Crippen LogP contribution in [0.4, 0.5) is 10.2 Å². The number of hydrogen-bond donors (Lipinski definition) is 1. The van der Waals surface area contributed by atoms with Crippen molar-refractivity contribution < 1.29 is 23.6 Å². The third-order valence-corrected chi connectivity index (χ3v) is 5.13. The Balaban J connectivity index is 1.92. The number of carbonyl (C=O) groups excluding carboxylic acids is 2. The van der Waals surface area contributed by atoms with Crippen LogP contribution >= 0.6 is 0 Å². The average molecular weight is 406 g/mol. The lowest BCUT2D eigenvalue weighted by atomic mass is 9.94. The van der Waals surface area contributed by atoms with E-state index in [0.29, 0.717) is 11.3 Å². The van der Waals surface area contributed by atoms with Crippen molar-refractivity contribution in [3.05, 3.63) is 88.4 Å². The lowest BCUT2D eigenvalue weighted by Gasteiger charge is -2.23. The fourth-order valence-corrected chi connectivity index (χ4v) is 3.55. The number of aliphatic hydroxyl groups is 1. The van der Waals surface area contributed by atoms with Crippen LogP contribution in [0.25, 0.3) is 5.76 Å². The number of aryl methyl sites for hydroxylation is 2. The predicted octanol–water partition coefficient (Wildman–Crippen LogP) is 4.31. The molecule has 1 atom stereocenters. The topological polar surface area (TPSA) is 83.6 Å². The molecule has 1 aliphatic rings. The molecule has 1 saturated heterocycles. The molecular weight excluding hydrogens is 387 g/mol. The molecule has 1 N–H and O–H groups in total. The number of rotatable bonds is 4. The molecule has 1 aliphatic heterocycles. The number of aromatic nitrogens is 1. The van der Waals surface area contributed by atoms with Gasteiger partial charge in [0.05, 0.1) is 11.6 Å². The van der Waals surface area contributed by atoms with Gasteiger partial charge in [-0.1, -0.05) is 36.3 Å². The van der Waals surface area contributed by atoms with Gasteiger partial charge in [0.15, 0.2) is 5.82 Å². The first-order valence-electron chi connectivity index (χ1n) is 9.49. The van der Waals surface area contributed by atoms with Crippen molar-refractivity contribution in [3.63, 3.8) is 0 Å². The van der Waals surface area contributed by atoms with Crippen molar-refractivity contribution in [2.75, 3.05) is 4.90 Å². The van der Waals surface area contributed by atoms with E-state index in [1.165, 1.54) is 29.2 Å². The Bertz CT molecular complexity index is 1150. The van der Waals surface area contributed by atoms with Crippen molar-refractivity contribution in [2.45, 2.75) is 26.3 Å². The van der Waals surface area contributed by atoms with Gasteiger partial charge in [0.2, 0.25) is 0 Å². The van der Waals surface area contributed by atoms with E-state index in [9.17, 15) is 19.1 Å². The number of benzene rings is 2. The minimum Gasteiger partial charge on any atom is -0.507 e. The first-order chi connectivity index (χ1) is 14.4. The van der Waals surface area contributed by atoms with Crippen LogP contribution in [0.2, 0.25) is 0 Å². The fraction of sp³-hybridized carbons (Fsp3) is 0.174. The van der Waals surface area contributed by atoms with E-state index in [1.807, 2.05) is 31.2 Å². The van der Waals surface area contributed by atoms with Gasteiger partial charge in [0.1, 0.15) is 17.3 Å². The zero-order valence-corrected chi connectivity index (χ0v) is 16.4. The average Bonchev–Trinajstić information content (AvgIpc) is 3.29. The second kappa shape index (κ2) is 7.59. The molecule has 30 heavy (non-hydrogen) atoms. The highest BCUT2D eigenvalue weighted by atomic mass is 19.1. The summed E-state index contributed by atoms with van der Waals surface area (Å²) in [5.41, 5.74) is 1.87. The number of Topliss-reactive ketones (excluding diaryl/α,β-unsaturated/α-hetero) is 1. The summed E-state index contributed by atoms with van der Waals surface area (Å²) in [6.07, 6.45) is 0.832. The van der Waals surface area contributed by atoms with E-state index >= 15 is 0 Å². The lowest BCUT2D eigenvalue weighted by molar-refractivity contribution is -0.132. The SMILES string of the molecule is CCc1ccc([C@@H]2/C(=C(\O)c3ccc(F)cc3)C(=O)C(=O)N2c2cc(C)on2)cc1. The highest BCUT2D eigenvalue weighted by molar-refractivity contribution is 6.51. The van der Waals surface area contributed by atoms with Gasteiger partial charge in [0, 0.05) is 11.6 Å². The van der Waals surface area contributed by atoms with Crippen molar-refractivity contribution in [1.29, 1.82) is 0 Å². The van der Waals surface area contributed by atoms with Crippen LogP contribution in [-0.2, 0) is 16.0 Å². The van der Waals surface area contributed by atoms with Gasteiger partial charge < -0.3 is 9.63 Å². The molecule has 0 bridgehead atoms. The standard InChI is InChI=1S/C23H19FN2O4/c1-3-14-4-6-15(7-5-14)20-19(21(27)16-8-10-17(24)11-9-16)22(28)23(29)26(20)18-12-13(2)30-25-18/h4-12,20,27H,3H2,1-2H3/b21-19+/t20-/m1/s1. The molecule has 2 aromatic carbocycles. The summed E-state index contributed by atoms with van der Waals surface area (Å²) in [7, 11) is 0. The molecule has 2 heterocycles. The molecule has 0 radical (unpaired) electrons. The minimum atomic E-state index is -0.898. The number of aliphatic hydroxyl groups excluding tert-OH is 1. The lowest BCUT2D eigenvalue weighted by Crippen LogP contribution is -2.29. The largest absolute Gasteiger partial charge is 0.507 e. The van der Waals surface area contributed by atoms with Gasteiger partial charge >= 0.3 is 5.91 Å². The summed E-state index contributed by atoms with van der Waals surface area (Å²) in [6.45, 7) is 3.70. The number of carbonyl (C=O) groups is 2. The van der Waals surface area contributed by atoms with Gasteiger partial charge in [-0.25, -0.2) is 4.39 Å². The molecule has 0 aliphatic carbocycles. The van der Waals surface area contributed by atoms with Gasteiger partial charge in [-0.15, -0.1) is 0 Å². The summed E-state index contributed by atoms with van der Waals surface area (Å²) in [6, 6.07) is 13.2. The van der Waals surface area contributed by atoms with Gasteiger partial charge in [-0.05, 0) is 48.7 Å². The molecule has 3 aromatic rings. The molecule has 4 rings (SSSR count). The third-order valence-electron chi connectivity index (χ3n) is 5.13. The highest BCUT2D eigenvalue weighted by Gasteiger charge is 2.48. The number of ketones is 1. The number of halogens is 1. The van der Waals surface area contributed by atoms with E-state index in [2.05, 4.69) is 5.16 Å². The summed E-state index contributed by atoms with van der Waals surface area (Å²) >= 11 is 0. The van der Waals surface area contributed by atoms with E-state index in [4.69, 9.17) is 4.52 Å². The Labute approximate surface area is 172 Å². The Morgan fingerprint density at radius 3 is 2.37 bits per heavy atom. The van der Waals surface area contributed by atoms with E-state index in [-0.39, 0.29) is 22.7 Å². The minimum absolute atomic E-state index is 0.0866. The third kappa shape index (κ3) is 3.28. The van der Waals surface area contributed by atoms with E-state index in [0.717, 1.165) is 12.0 Å². The molecule has 7 heteroatoms. The van der Waals surface area contributed by atoms with E-state index < -0.39 is 23.5 Å². The quantitative estimate of drug-likeness (QED) is 0.397. The highest BCUT2D eigenvalue weighted by Crippen LogP contribution is 2.41. The summed E-state index contributed by atoms with van der Waals surface area (Å²) in [5.74, 6) is -1.86. The number of nitrogens with zero attached hydrogens (tertiary/aromatic N) is 2. The zero-order valence-electron chi connectivity index (χ0n) is 16.4. The monoisotopic (exact) mass is 406 g/mol. The molecule has 6 nitrogen and oxygen atoms in total. The van der Waals surface area contributed by atoms with Crippen molar-refractivity contribution in [2.24, 2.45) is 0 Å². The van der Waals surface area contributed by atoms with Crippen LogP contribution in [0.15, 0.2) is 64.7 Å². The Morgan fingerprint density at radius 2 is 1.80 bits per heavy atom. The molecular formula is C23H19FN2O4. The van der Waals surface area contributed by atoms with Crippen molar-refractivity contribution in [1.82, 2.24) is 5.16 Å². The molecule has 1 amide bonds. The molecule has 152 valence electrons. The summed E-state index contributed by atoms with van der Waals surface area (Å²) in [4.78, 5) is 27.1. The Morgan fingerprint density at radius 1 is 1.13 bits per heavy atom. The molecule has 0 unspecified atom stereocenters.